The number of nitrogens with one attached hydrogen (secondary N) is 1. The van der Waals surface area contributed by atoms with Crippen molar-refractivity contribution in [2.45, 2.75) is 0 Å². The molecule has 2 amide bonds. The maximum absolute atomic E-state index is 12.5. The molecule has 0 fully saturated rings. The Hall–Kier alpha value is -2.70. The molecule has 148 valence electrons. The summed E-state index contributed by atoms with van der Waals surface area (Å²) in [6.07, 6.45) is 2.87. The highest BCUT2D eigenvalue weighted by molar-refractivity contribution is 6.35. The van der Waals surface area contributed by atoms with Crippen LogP contribution in [-0.2, 0) is 4.79 Å². The first-order valence-electron chi connectivity index (χ1n) is 8.18. The van der Waals surface area contributed by atoms with E-state index < -0.39 is 5.91 Å². The quantitative estimate of drug-likeness (QED) is 0.701. The molecule has 8 heteroatoms. The molecule has 0 atom stereocenters. The molecule has 2 aromatic carbocycles. The predicted molar refractivity (Wildman–Crippen MR) is 112 cm³/mol. The van der Waals surface area contributed by atoms with E-state index in [1.807, 2.05) is 0 Å². The summed E-state index contributed by atoms with van der Waals surface area (Å²) in [5.74, 6) is 0.0408. The molecular formula is C20H20Cl2N2O4. The number of ether oxygens (including phenoxy) is 2. The Morgan fingerprint density at radius 3 is 2.25 bits per heavy atom. The van der Waals surface area contributed by atoms with Crippen molar-refractivity contribution in [2.24, 2.45) is 0 Å². The fraction of sp³-hybridized carbons (Fsp3) is 0.200. The van der Waals surface area contributed by atoms with Crippen LogP contribution in [0.1, 0.15) is 15.9 Å². The molecule has 28 heavy (non-hydrogen) atoms. The number of nitrogens with zero attached hydrogens (tertiary/aromatic N) is 1. The third-order valence-electron chi connectivity index (χ3n) is 3.79. The molecule has 2 aromatic rings. The van der Waals surface area contributed by atoms with Crippen LogP contribution in [0.25, 0.3) is 6.08 Å². The molecule has 0 aromatic heterocycles. The van der Waals surface area contributed by atoms with E-state index >= 15 is 0 Å². The van der Waals surface area contributed by atoms with Gasteiger partial charge in [0.1, 0.15) is 0 Å². The van der Waals surface area contributed by atoms with Gasteiger partial charge in [-0.25, -0.2) is 0 Å². The Kier molecular flexibility index (Phi) is 7.31. The number of methoxy groups -OCH3 is 2. The average molecular weight is 423 g/mol. The zero-order valence-electron chi connectivity index (χ0n) is 15.9. The van der Waals surface area contributed by atoms with Gasteiger partial charge in [-0.05, 0) is 29.8 Å². The van der Waals surface area contributed by atoms with Crippen molar-refractivity contribution >= 4 is 46.8 Å². The molecule has 0 heterocycles. The second-order valence-corrected chi connectivity index (χ2v) is 6.78. The molecule has 2 rings (SSSR count). The highest BCUT2D eigenvalue weighted by atomic mass is 35.5. The Morgan fingerprint density at radius 2 is 1.68 bits per heavy atom. The lowest BCUT2D eigenvalue weighted by Crippen LogP contribution is -2.24. The number of carbonyl (C=O) groups is 2. The zero-order valence-corrected chi connectivity index (χ0v) is 17.4. The first-order valence-corrected chi connectivity index (χ1v) is 8.94. The molecule has 0 aliphatic rings. The Labute approximate surface area is 173 Å². The van der Waals surface area contributed by atoms with Gasteiger partial charge in [-0.1, -0.05) is 29.3 Å². The number of hydrogen-bond acceptors (Lipinski definition) is 4. The summed E-state index contributed by atoms with van der Waals surface area (Å²) in [7, 11) is 6.18. The molecule has 1 N–H and O–H groups in total. The Balaban J connectivity index is 2.33. The summed E-state index contributed by atoms with van der Waals surface area (Å²) in [6, 6.07) is 8.02. The molecule has 6 nitrogen and oxygen atoms in total. The van der Waals surface area contributed by atoms with Gasteiger partial charge < -0.3 is 19.7 Å². The van der Waals surface area contributed by atoms with Gasteiger partial charge in [0, 0.05) is 36.3 Å². The SMILES string of the molecule is COc1cc(NC(=O)/C=C/c2ccc(Cl)cc2Cl)c(C(=O)N(C)C)cc1OC. The van der Waals surface area contributed by atoms with Gasteiger partial charge in [-0.2, -0.15) is 0 Å². The van der Waals surface area contributed by atoms with Gasteiger partial charge in [0.2, 0.25) is 5.91 Å². The van der Waals surface area contributed by atoms with E-state index in [0.717, 1.165) is 0 Å². The zero-order chi connectivity index (χ0) is 20.8. The van der Waals surface area contributed by atoms with Gasteiger partial charge >= 0.3 is 0 Å². The lowest BCUT2D eigenvalue weighted by molar-refractivity contribution is -0.111. The number of hydrogen-bond donors (Lipinski definition) is 1. The second kappa shape index (κ2) is 9.48. The van der Waals surface area contributed by atoms with Gasteiger partial charge in [0.15, 0.2) is 11.5 Å². The second-order valence-electron chi connectivity index (χ2n) is 5.94. The smallest absolute Gasteiger partial charge is 0.255 e. The molecular weight excluding hydrogens is 403 g/mol. The van der Waals surface area contributed by atoms with Crippen molar-refractivity contribution in [1.82, 2.24) is 4.90 Å². The van der Waals surface area contributed by atoms with Gasteiger partial charge in [0.05, 0.1) is 25.5 Å². The first kappa shape index (κ1) is 21.6. The summed E-state index contributed by atoms with van der Waals surface area (Å²) < 4.78 is 10.5. The summed E-state index contributed by atoms with van der Waals surface area (Å²) in [4.78, 5) is 26.3. The highest BCUT2D eigenvalue weighted by Crippen LogP contribution is 2.34. The summed E-state index contributed by atoms with van der Waals surface area (Å²) >= 11 is 12.0. The van der Waals surface area contributed by atoms with Crippen molar-refractivity contribution < 1.29 is 19.1 Å². The summed E-state index contributed by atoms with van der Waals surface area (Å²) in [6.45, 7) is 0. The maximum Gasteiger partial charge on any atom is 0.255 e. The van der Waals surface area contributed by atoms with Crippen LogP contribution in [-0.4, -0.2) is 45.0 Å². The van der Waals surface area contributed by atoms with Crippen LogP contribution < -0.4 is 14.8 Å². The van der Waals surface area contributed by atoms with Crippen LogP contribution in [0.5, 0.6) is 11.5 Å². The monoisotopic (exact) mass is 422 g/mol. The molecule has 0 bridgehead atoms. The number of rotatable bonds is 6. The van der Waals surface area contributed by atoms with E-state index in [2.05, 4.69) is 5.32 Å². The molecule has 0 saturated carbocycles. The minimum absolute atomic E-state index is 0.272. The molecule has 0 spiro atoms. The fourth-order valence-corrected chi connectivity index (χ4v) is 2.85. The number of anilines is 1. The molecule has 0 saturated heterocycles. The van der Waals surface area contributed by atoms with Gasteiger partial charge in [-0.3, -0.25) is 9.59 Å². The standard InChI is InChI=1S/C20H20Cl2N2O4/c1-24(2)20(26)14-10-17(27-3)18(28-4)11-16(14)23-19(25)8-6-12-5-7-13(21)9-15(12)22/h5-11H,1-4H3,(H,23,25)/b8-6+. The molecule has 0 radical (unpaired) electrons. The lowest BCUT2D eigenvalue weighted by Gasteiger charge is -2.17. The predicted octanol–water partition coefficient (Wildman–Crippen LogP) is 4.36. The minimum atomic E-state index is -0.439. The molecule has 0 unspecified atom stereocenters. The molecule has 0 aliphatic carbocycles. The summed E-state index contributed by atoms with van der Waals surface area (Å²) in [5, 5.41) is 3.62. The first-order chi connectivity index (χ1) is 13.3. The van der Waals surface area contributed by atoms with Crippen LogP contribution in [0.4, 0.5) is 5.69 Å². The van der Waals surface area contributed by atoms with Crippen molar-refractivity contribution in [1.29, 1.82) is 0 Å². The van der Waals surface area contributed by atoms with E-state index in [1.165, 1.54) is 37.3 Å². The van der Waals surface area contributed by atoms with Crippen molar-refractivity contribution in [3.63, 3.8) is 0 Å². The largest absolute Gasteiger partial charge is 0.493 e. The van der Waals surface area contributed by atoms with Gasteiger partial charge in [0.25, 0.3) is 5.91 Å². The number of amides is 2. The van der Waals surface area contributed by atoms with E-state index in [-0.39, 0.29) is 11.5 Å². The molecule has 0 aliphatic heterocycles. The normalized spacial score (nSPS) is 10.6. The lowest BCUT2D eigenvalue weighted by atomic mass is 10.1. The number of benzene rings is 2. The summed E-state index contributed by atoms with van der Waals surface area (Å²) in [5.41, 5.74) is 1.21. The fourth-order valence-electron chi connectivity index (χ4n) is 2.38. The van der Waals surface area contributed by atoms with E-state index in [4.69, 9.17) is 32.7 Å². The minimum Gasteiger partial charge on any atom is -0.493 e. The van der Waals surface area contributed by atoms with Crippen LogP contribution in [0.15, 0.2) is 36.4 Å². The third-order valence-corrected chi connectivity index (χ3v) is 4.36. The maximum atomic E-state index is 12.5. The topological polar surface area (TPSA) is 67.9 Å². The van der Waals surface area contributed by atoms with E-state index in [0.29, 0.717) is 32.8 Å². The van der Waals surface area contributed by atoms with Crippen molar-refractivity contribution in [3.05, 3.63) is 57.6 Å². The van der Waals surface area contributed by atoms with Crippen LogP contribution >= 0.6 is 23.2 Å². The number of carbonyl (C=O) groups excluding carboxylic acids is 2. The Bertz CT molecular complexity index is 927. The van der Waals surface area contributed by atoms with Crippen LogP contribution in [0.3, 0.4) is 0 Å². The van der Waals surface area contributed by atoms with E-state index in [1.54, 1.807) is 38.4 Å². The highest BCUT2D eigenvalue weighted by Gasteiger charge is 2.19. The van der Waals surface area contributed by atoms with Crippen molar-refractivity contribution in [3.8, 4) is 11.5 Å². The number of halogens is 2. The van der Waals surface area contributed by atoms with Gasteiger partial charge in [-0.15, -0.1) is 0 Å². The Morgan fingerprint density at radius 1 is 1.04 bits per heavy atom. The third kappa shape index (κ3) is 5.18. The average Bonchev–Trinajstić information content (AvgIpc) is 2.66. The van der Waals surface area contributed by atoms with Crippen molar-refractivity contribution in [2.75, 3.05) is 33.6 Å². The van der Waals surface area contributed by atoms with Crippen LogP contribution in [0.2, 0.25) is 10.0 Å². The van der Waals surface area contributed by atoms with Crippen LogP contribution in [0, 0.1) is 0 Å². The van der Waals surface area contributed by atoms with E-state index in [9.17, 15) is 9.59 Å².